The Bertz CT molecular complexity index is 1410. The van der Waals surface area contributed by atoms with Crippen LogP contribution in [0.3, 0.4) is 0 Å². The largest absolute Gasteiger partial charge is 0.364 e. The van der Waals surface area contributed by atoms with Crippen molar-refractivity contribution >= 4 is 21.4 Å². The van der Waals surface area contributed by atoms with E-state index in [4.69, 9.17) is 0 Å². The Morgan fingerprint density at radius 3 is 2.28 bits per heavy atom. The molecule has 5 rings (SSSR count). The molecule has 0 amide bonds. The molecule has 184 valence electrons. The quantitative estimate of drug-likeness (QED) is 0.349. The highest BCUT2D eigenvalue weighted by Crippen LogP contribution is 2.35. The van der Waals surface area contributed by atoms with E-state index in [0.717, 1.165) is 28.1 Å². The predicted molar refractivity (Wildman–Crippen MR) is 144 cm³/mol. The molecule has 1 aromatic heterocycles. The minimum atomic E-state index is -3.71. The van der Waals surface area contributed by atoms with Crippen LogP contribution in [-0.4, -0.2) is 30.9 Å². The number of nitrogens with one attached hydrogen (secondary N) is 1. The number of anilines is 2. The molecule has 0 bridgehead atoms. The van der Waals surface area contributed by atoms with Crippen molar-refractivity contribution in [2.75, 3.05) is 17.3 Å². The molecule has 1 aliphatic heterocycles. The highest BCUT2D eigenvalue weighted by atomic mass is 32.2. The molecule has 0 radical (unpaired) electrons. The number of pyridine rings is 1. The number of likely N-dealkylation sites (N-methyl/N-ethyl adjacent to an activating group) is 1. The summed E-state index contributed by atoms with van der Waals surface area (Å²) in [5.41, 5.74) is 5.20. The van der Waals surface area contributed by atoms with Gasteiger partial charge in [0, 0.05) is 19.8 Å². The summed E-state index contributed by atoms with van der Waals surface area (Å²) < 4.78 is 28.9. The van der Waals surface area contributed by atoms with Gasteiger partial charge in [-0.05, 0) is 48.2 Å². The number of sulfonamides is 1. The van der Waals surface area contributed by atoms with Gasteiger partial charge in [0.05, 0.1) is 34.7 Å². The van der Waals surface area contributed by atoms with Crippen LogP contribution in [0, 0.1) is 0 Å². The maximum Gasteiger partial charge on any atom is 0.243 e. The molecule has 2 atom stereocenters. The fourth-order valence-corrected chi connectivity index (χ4v) is 6.08. The van der Waals surface area contributed by atoms with E-state index in [0.29, 0.717) is 13.0 Å². The van der Waals surface area contributed by atoms with Crippen LogP contribution in [0.5, 0.6) is 0 Å². The van der Waals surface area contributed by atoms with Gasteiger partial charge in [-0.1, -0.05) is 72.8 Å². The Morgan fingerprint density at radius 1 is 0.917 bits per heavy atom. The monoisotopic (exact) mass is 498 g/mol. The van der Waals surface area contributed by atoms with Crippen molar-refractivity contribution in [2.24, 2.45) is 0 Å². The molecule has 36 heavy (non-hydrogen) atoms. The average Bonchev–Trinajstić information content (AvgIpc) is 3.23. The number of nitrogens with zero attached hydrogens (tertiary/aromatic N) is 3. The van der Waals surface area contributed by atoms with E-state index in [2.05, 4.69) is 22.1 Å². The lowest BCUT2D eigenvalue weighted by atomic mass is 9.99. The fourth-order valence-electron chi connectivity index (χ4n) is 4.74. The maximum absolute atomic E-state index is 13.7. The van der Waals surface area contributed by atoms with E-state index < -0.39 is 10.0 Å². The smallest absolute Gasteiger partial charge is 0.243 e. The summed E-state index contributed by atoms with van der Waals surface area (Å²) in [6.45, 7) is 2.76. The number of rotatable bonds is 8. The Balaban J connectivity index is 1.38. The number of aromatic nitrogens is 1. The third kappa shape index (κ3) is 4.85. The molecule has 6 nitrogen and oxygen atoms in total. The fraction of sp³-hybridized carbons (Fsp3) is 0.207. The first kappa shape index (κ1) is 24.0. The van der Waals surface area contributed by atoms with E-state index in [1.807, 2.05) is 85.1 Å². The Kier molecular flexibility index (Phi) is 6.76. The molecule has 3 aromatic carbocycles. The lowest BCUT2D eigenvalue weighted by Crippen LogP contribution is -2.33. The molecule has 2 heterocycles. The van der Waals surface area contributed by atoms with Gasteiger partial charge < -0.3 is 10.2 Å². The molecule has 4 aromatic rings. The van der Waals surface area contributed by atoms with Gasteiger partial charge in [-0.2, -0.15) is 4.31 Å². The van der Waals surface area contributed by atoms with Gasteiger partial charge in [0.25, 0.3) is 0 Å². The van der Waals surface area contributed by atoms with E-state index in [1.54, 1.807) is 25.4 Å². The second kappa shape index (κ2) is 10.1. The van der Waals surface area contributed by atoms with Gasteiger partial charge in [-0.15, -0.1) is 0 Å². The first-order valence-corrected chi connectivity index (χ1v) is 13.5. The summed E-state index contributed by atoms with van der Waals surface area (Å²) in [4.78, 5) is 6.77. The summed E-state index contributed by atoms with van der Waals surface area (Å²) in [5.74, 6) is 0. The third-order valence-corrected chi connectivity index (χ3v) is 8.67. The molecule has 0 spiro atoms. The first-order chi connectivity index (χ1) is 17.4. The standard InChI is InChI=1S/C29H30N4O2S/c1-22-31-27-17-18-30-20-29(27)33(22)21-24-13-15-26(16-14-24)36(34,35)32(2)28(25-11-7-4-8-12-25)19-23-9-5-3-6-10-23/h3-18,20,22,28,31H,19,21H2,1-2H3. The summed E-state index contributed by atoms with van der Waals surface area (Å²) in [5, 5.41) is 3.45. The van der Waals surface area contributed by atoms with Crippen LogP contribution in [0.1, 0.15) is 29.7 Å². The van der Waals surface area contributed by atoms with Crippen molar-refractivity contribution in [3.8, 4) is 0 Å². The zero-order valence-corrected chi connectivity index (χ0v) is 21.3. The van der Waals surface area contributed by atoms with Crippen LogP contribution in [-0.2, 0) is 23.0 Å². The van der Waals surface area contributed by atoms with Gasteiger partial charge >= 0.3 is 0 Å². The normalized spacial score (nSPS) is 16.0. The molecule has 1 N–H and O–H groups in total. The van der Waals surface area contributed by atoms with Crippen LogP contribution in [0.25, 0.3) is 0 Å². The first-order valence-electron chi connectivity index (χ1n) is 12.1. The molecule has 1 aliphatic rings. The summed E-state index contributed by atoms with van der Waals surface area (Å²) in [6, 6.07) is 28.7. The molecule has 0 saturated heterocycles. The molecule has 2 unspecified atom stereocenters. The van der Waals surface area contributed by atoms with E-state index in [-0.39, 0.29) is 17.1 Å². The van der Waals surface area contributed by atoms with Crippen molar-refractivity contribution in [1.82, 2.24) is 9.29 Å². The zero-order valence-electron chi connectivity index (χ0n) is 20.5. The predicted octanol–water partition coefficient (Wildman–Crippen LogP) is 5.46. The number of benzene rings is 3. The van der Waals surface area contributed by atoms with Gasteiger partial charge in [0.2, 0.25) is 10.0 Å². The van der Waals surface area contributed by atoms with Crippen molar-refractivity contribution in [3.05, 3.63) is 120 Å². The second-order valence-corrected chi connectivity index (χ2v) is 11.1. The lowest BCUT2D eigenvalue weighted by molar-refractivity contribution is 0.373. The maximum atomic E-state index is 13.7. The van der Waals surface area contributed by atoms with E-state index in [1.165, 1.54) is 4.31 Å². The zero-order chi connectivity index (χ0) is 25.1. The van der Waals surface area contributed by atoms with Crippen LogP contribution in [0.2, 0.25) is 0 Å². The Hall–Kier alpha value is -3.68. The molecular formula is C29H30N4O2S. The van der Waals surface area contributed by atoms with Gasteiger partial charge in [0.15, 0.2) is 0 Å². The third-order valence-electron chi connectivity index (χ3n) is 6.79. The number of hydrogen-bond donors (Lipinski definition) is 1. The van der Waals surface area contributed by atoms with E-state index in [9.17, 15) is 8.42 Å². The van der Waals surface area contributed by atoms with Crippen LogP contribution in [0.15, 0.2) is 108 Å². The highest BCUT2D eigenvalue weighted by molar-refractivity contribution is 7.89. The topological polar surface area (TPSA) is 65.5 Å². The summed E-state index contributed by atoms with van der Waals surface area (Å²) in [6.07, 6.45) is 4.35. The molecule has 0 saturated carbocycles. The SMILES string of the molecule is CC1Nc2ccncc2N1Cc1ccc(S(=O)(=O)N(C)C(Cc2ccccc2)c2ccccc2)cc1. The Morgan fingerprint density at radius 2 is 1.58 bits per heavy atom. The van der Waals surface area contributed by atoms with Crippen LogP contribution in [0.4, 0.5) is 11.4 Å². The molecule has 0 aliphatic carbocycles. The van der Waals surface area contributed by atoms with E-state index >= 15 is 0 Å². The summed E-state index contributed by atoms with van der Waals surface area (Å²) >= 11 is 0. The van der Waals surface area contributed by atoms with Crippen LogP contribution < -0.4 is 10.2 Å². The number of fused-ring (bicyclic) bond motifs is 1. The van der Waals surface area contributed by atoms with Crippen molar-refractivity contribution < 1.29 is 8.42 Å². The highest BCUT2D eigenvalue weighted by Gasteiger charge is 2.30. The molecule has 7 heteroatoms. The molecule has 0 fully saturated rings. The minimum absolute atomic E-state index is 0.128. The average molecular weight is 499 g/mol. The summed E-state index contributed by atoms with van der Waals surface area (Å²) in [7, 11) is -2.04. The van der Waals surface area contributed by atoms with Gasteiger partial charge in [-0.3, -0.25) is 4.98 Å². The number of hydrogen-bond acceptors (Lipinski definition) is 5. The minimum Gasteiger partial charge on any atom is -0.364 e. The van der Waals surface area contributed by atoms with Crippen LogP contribution >= 0.6 is 0 Å². The van der Waals surface area contributed by atoms with Crippen molar-refractivity contribution in [1.29, 1.82) is 0 Å². The molecular weight excluding hydrogens is 468 g/mol. The van der Waals surface area contributed by atoms with Crippen molar-refractivity contribution in [3.63, 3.8) is 0 Å². The van der Waals surface area contributed by atoms with Crippen molar-refractivity contribution in [2.45, 2.75) is 37.0 Å². The second-order valence-electron chi connectivity index (χ2n) is 9.12. The Labute approximate surface area is 213 Å². The lowest BCUT2D eigenvalue weighted by Gasteiger charge is -2.28. The van der Waals surface area contributed by atoms with Gasteiger partial charge in [0.1, 0.15) is 0 Å². The van der Waals surface area contributed by atoms with Gasteiger partial charge in [-0.25, -0.2) is 8.42 Å².